The number of carbonyl (C=O) groups is 1. The van der Waals surface area contributed by atoms with Crippen molar-refractivity contribution in [3.05, 3.63) is 29.3 Å². The third-order valence-electron chi connectivity index (χ3n) is 6.05. The van der Waals surface area contributed by atoms with Gasteiger partial charge in [0.15, 0.2) is 0 Å². The fraction of sp³-hybridized carbons (Fsp3) is 0.545. The van der Waals surface area contributed by atoms with Crippen molar-refractivity contribution in [1.82, 2.24) is 4.98 Å². The average Bonchev–Trinajstić information content (AvgIpc) is 2.70. The monoisotopic (exact) mass is 400 g/mol. The quantitative estimate of drug-likeness (QED) is 0.778. The first kappa shape index (κ1) is 19.5. The number of pyridine rings is 1. The van der Waals surface area contributed by atoms with E-state index in [1.807, 2.05) is 24.3 Å². The first-order chi connectivity index (χ1) is 13.6. The summed E-state index contributed by atoms with van der Waals surface area (Å²) in [5.74, 6) is 1.48. The lowest BCUT2D eigenvalue weighted by atomic mass is 9.87. The average molecular weight is 401 g/mol. The SMILES string of the molecule is N[C@H]1CCCN(c2ccc3c(NC(=O)CC4CCCCC4)c(Cl)ccc3n2)C1. The minimum atomic E-state index is 0.0485. The van der Waals surface area contributed by atoms with Crippen molar-refractivity contribution < 1.29 is 4.79 Å². The number of rotatable bonds is 4. The molecule has 5 nitrogen and oxygen atoms in total. The maximum Gasteiger partial charge on any atom is 0.224 e. The number of anilines is 2. The highest BCUT2D eigenvalue weighted by molar-refractivity contribution is 6.35. The molecule has 0 spiro atoms. The molecular weight excluding hydrogens is 372 g/mol. The summed E-state index contributed by atoms with van der Waals surface area (Å²) in [6.07, 6.45) is 8.80. The van der Waals surface area contributed by atoms with Gasteiger partial charge in [-0.3, -0.25) is 4.79 Å². The van der Waals surface area contributed by atoms with E-state index in [1.165, 1.54) is 19.3 Å². The number of nitrogens with two attached hydrogens (primary N) is 1. The molecule has 2 aliphatic rings. The smallest absolute Gasteiger partial charge is 0.224 e. The first-order valence-electron chi connectivity index (χ1n) is 10.5. The zero-order chi connectivity index (χ0) is 19.5. The van der Waals surface area contributed by atoms with Crippen LogP contribution in [0.4, 0.5) is 11.5 Å². The highest BCUT2D eigenvalue weighted by atomic mass is 35.5. The van der Waals surface area contributed by atoms with E-state index in [4.69, 9.17) is 22.3 Å². The molecule has 1 aromatic heterocycles. The predicted molar refractivity (Wildman–Crippen MR) is 116 cm³/mol. The van der Waals surface area contributed by atoms with Crippen LogP contribution in [0.15, 0.2) is 24.3 Å². The Kier molecular flexibility index (Phi) is 6.02. The lowest BCUT2D eigenvalue weighted by Gasteiger charge is -2.31. The highest BCUT2D eigenvalue weighted by Crippen LogP contribution is 2.33. The topological polar surface area (TPSA) is 71.2 Å². The Bertz CT molecular complexity index is 850. The molecule has 0 bridgehead atoms. The molecule has 1 aromatic carbocycles. The molecule has 1 atom stereocenters. The van der Waals surface area contributed by atoms with E-state index in [0.29, 0.717) is 23.0 Å². The number of hydrogen-bond donors (Lipinski definition) is 2. The number of carbonyl (C=O) groups excluding carboxylic acids is 1. The van der Waals surface area contributed by atoms with Gasteiger partial charge in [0, 0.05) is 30.9 Å². The lowest BCUT2D eigenvalue weighted by molar-refractivity contribution is -0.117. The molecule has 1 saturated heterocycles. The van der Waals surface area contributed by atoms with Gasteiger partial charge in [-0.25, -0.2) is 4.98 Å². The number of amides is 1. The van der Waals surface area contributed by atoms with Crippen LogP contribution in [-0.4, -0.2) is 30.0 Å². The molecule has 6 heteroatoms. The van der Waals surface area contributed by atoms with Crippen molar-refractivity contribution in [1.29, 1.82) is 0 Å². The van der Waals surface area contributed by atoms with E-state index in [1.54, 1.807) is 0 Å². The summed E-state index contributed by atoms with van der Waals surface area (Å²) in [6.45, 7) is 1.81. The second-order valence-corrected chi connectivity index (χ2v) is 8.67. The van der Waals surface area contributed by atoms with Crippen molar-refractivity contribution in [2.24, 2.45) is 11.7 Å². The molecule has 150 valence electrons. The van der Waals surface area contributed by atoms with Gasteiger partial charge >= 0.3 is 0 Å². The van der Waals surface area contributed by atoms with Gasteiger partial charge in [-0.2, -0.15) is 0 Å². The van der Waals surface area contributed by atoms with Crippen LogP contribution in [0.5, 0.6) is 0 Å². The van der Waals surface area contributed by atoms with Crippen molar-refractivity contribution >= 4 is 39.9 Å². The third kappa shape index (κ3) is 4.41. The minimum Gasteiger partial charge on any atom is -0.355 e. The molecule has 4 rings (SSSR count). The van der Waals surface area contributed by atoms with Crippen LogP contribution in [0.1, 0.15) is 51.4 Å². The number of benzene rings is 1. The Balaban J connectivity index is 1.54. The van der Waals surface area contributed by atoms with Gasteiger partial charge in [0.1, 0.15) is 5.82 Å². The molecule has 2 heterocycles. The molecule has 2 fully saturated rings. The summed E-state index contributed by atoms with van der Waals surface area (Å²) in [6, 6.07) is 7.96. The summed E-state index contributed by atoms with van der Waals surface area (Å²) in [5, 5.41) is 4.50. The van der Waals surface area contributed by atoms with Gasteiger partial charge in [-0.15, -0.1) is 0 Å². The summed E-state index contributed by atoms with van der Waals surface area (Å²) >= 11 is 6.43. The molecule has 1 amide bonds. The Labute approximate surface area is 171 Å². The fourth-order valence-electron chi connectivity index (χ4n) is 4.53. The van der Waals surface area contributed by atoms with Crippen LogP contribution in [0.3, 0.4) is 0 Å². The Morgan fingerprint density at radius 2 is 1.96 bits per heavy atom. The largest absolute Gasteiger partial charge is 0.355 e. The molecule has 0 radical (unpaired) electrons. The molecule has 1 aliphatic carbocycles. The van der Waals surface area contributed by atoms with Crippen molar-refractivity contribution in [2.75, 3.05) is 23.3 Å². The minimum absolute atomic E-state index is 0.0485. The maximum atomic E-state index is 12.6. The summed E-state index contributed by atoms with van der Waals surface area (Å²) < 4.78 is 0. The molecule has 3 N–H and O–H groups in total. The van der Waals surface area contributed by atoms with E-state index in [2.05, 4.69) is 10.2 Å². The number of nitrogens with zero attached hydrogens (tertiary/aromatic N) is 2. The van der Waals surface area contributed by atoms with E-state index < -0.39 is 0 Å². The van der Waals surface area contributed by atoms with Gasteiger partial charge < -0.3 is 16.0 Å². The van der Waals surface area contributed by atoms with Crippen LogP contribution in [0.2, 0.25) is 5.02 Å². The highest BCUT2D eigenvalue weighted by Gasteiger charge is 2.20. The van der Waals surface area contributed by atoms with Gasteiger partial charge in [-0.05, 0) is 55.9 Å². The van der Waals surface area contributed by atoms with Gasteiger partial charge in [0.05, 0.1) is 16.2 Å². The molecule has 2 aromatic rings. The zero-order valence-electron chi connectivity index (χ0n) is 16.3. The Hall–Kier alpha value is -1.85. The normalized spacial score (nSPS) is 21.1. The van der Waals surface area contributed by atoms with Crippen LogP contribution < -0.4 is 16.0 Å². The van der Waals surface area contributed by atoms with Crippen LogP contribution in [0.25, 0.3) is 10.9 Å². The summed E-state index contributed by atoms with van der Waals surface area (Å²) in [7, 11) is 0. The standard InChI is InChI=1S/C22H29ClN4O/c23-18-9-10-19-17(8-11-20(25-19)27-12-4-7-16(24)14-27)22(18)26-21(28)13-15-5-2-1-3-6-15/h8-11,15-16H,1-7,12-14,24H2,(H,26,28)/t16-/m0/s1. The van der Waals surface area contributed by atoms with Crippen LogP contribution in [-0.2, 0) is 4.79 Å². The molecule has 28 heavy (non-hydrogen) atoms. The van der Waals surface area contributed by atoms with Gasteiger partial charge in [0.25, 0.3) is 0 Å². The zero-order valence-corrected chi connectivity index (χ0v) is 17.0. The molecular formula is C22H29ClN4O. The second kappa shape index (κ2) is 8.66. The van der Waals surface area contributed by atoms with E-state index in [9.17, 15) is 4.79 Å². The van der Waals surface area contributed by atoms with E-state index in [-0.39, 0.29) is 11.9 Å². The van der Waals surface area contributed by atoms with E-state index >= 15 is 0 Å². The van der Waals surface area contributed by atoms with Crippen molar-refractivity contribution in [3.63, 3.8) is 0 Å². The lowest BCUT2D eigenvalue weighted by Crippen LogP contribution is -2.43. The number of piperidine rings is 1. The van der Waals surface area contributed by atoms with Crippen molar-refractivity contribution in [2.45, 2.75) is 57.4 Å². The van der Waals surface area contributed by atoms with Crippen LogP contribution in [0, 0.1) is 5.92 Å². The first-order valence-corrected chi connectivity index (χ1v) is 10.9. The number of nitrogens with one attached hydrogen (secondary N) is 1. The van der Waals surface area contributed by atoms with Crippen LogP contribution >= 0.6 is 11.6 Å². The number of hydrogen-bond acceptors (Lipinski definition) is 4. The maximum absolute atomic E-state index is 12.6. The Morgan fingerprint density at radius 1 is 1.14 bits per heavy atom. The molecule has 1 saturated carbocycles. The number of aromatic nitrogens is 1. The number of halogens is 1. The predicted octanol–water partition coefficient (Wildman–Crippen LogP) is 4.72. The Morgan fingerprint density at radius 3 is 2.75 bits per heavy atom. The van der Waals surface area contributed by atoms with Crippen molar-refractivity contribution in [3.8, 4) is 0 Å². The number of fused-ring (bicyclic) bond motifs is 1. The molecule has 0 unspecified atom stereocenters. The summed E-state index contributed by atoms with van der Waals surface area (Å²) in [5.41, 5.74) is 7.63. The second-order valence-electron chi connectivity index (χ2n) is 8.26. The third-order valence-corrected chi connectivity index (χ3v) is 6.37. The van der Waals surface area contributed by atoms with Gasteiger partial charge in [0.2, 0.25) is 5.91 Å². The fourth-order valence-corrected chi connectivity index (χ4v) is 4.74. The van der Waals surface area contributed by atoms with E-state index in [0.717, 1.165) is 55.5 Å². The molecule has 1 aliphatic heterocycles. The summed E-state index contributed by atoms with van der Waals surface area (Å²) in [4.78, 5) is 19.7. The van der Waals surface area contributed by atoms with Gasteiger partial charge in [-0.1, -0.05) is 30.9 Å².